The first-order valence-corrected chi connectivity index (χ1v) is 13.1. The van der Waals surface area contributed by atoms with Crippen molar-refractivity contribution in [1.82, 2.24) is 19.7 Å². The lowest BCUT2D eigenvalue weighted by atomic mass is 10.3. The van der Waals surface area contributed by atoms with Gasteiger partial charge in [-0.05, 0) is 32.4 Å². The van der Waals surface area contributed by atoms with Crippen LogP contribution in [0.25, 0.3) is 5.69 Å². The second kappa shape index (κ2) is 15.9. The minimum Gasteiger partial charge on any atom is -0.385 e. The van der Waals surface area contributed by atoms with Crippen molar-refractivity contribution in [2.24, 2.45) is 10.2 Å². The Morgan fingerprint density at radius 3 is 2.31 bits per heavy atom. The van der Waals surface area contributed by atoms with Crippen LogP contribution in [0.5, 0.6) is 0 Å². The number of hydrogen-bond donors (Lipinski definition) is 3. The van der Waals surface area contributed by atoms with Crippen LogP contribution in [0.3, 0.4) is 0 Å². The van der Waals surface area contributed by atoms with Gasteiger partial charge < -0.3 is 30.2 Å². The molecule has 224 valence electrons. The van der Waals surface area contributed by atoms with Crippen LogP contribution in [0.2, 0.25) is 0 Å². The monoisotopic (exact) mass is 581 g/mol. The molecule has 3 aromatic rings. The number of nitro groups is 1. The number of aromatic nitrogens is 4. The van der Waals surface area contributed by atoms with Crippen molar-refractivity contribution >= 4 is 34.8 Å². The van der Waals surface area contributed by atoms with E-state index in [1.807, 2.05) is 13.8 Å². The fourth-order valence-corrected chi connectivity index (χ4v) is 3.77. The van der Waals surface area contributed by atoms with Gasteiger partial charge in [0.05, 0.1) is 30.0 Å². The molecule has 3 N–H and O–H groups in total. The molecular formula is C26H35N11O5. The van der Waals surface area contributed by atoms with Crippen molar-refractivity contribution in [3.8, 4) is 11.8 Å². The van der Waals surface area contributed by atoms with E-state index in [2.05, 4.69) is 47.3 Å². The number of nitriles is 1. The molecule has 2 heterocycles. The third-order valence-electron chi connectivity index (χ3n) is 5.68. The Hall–Kier alpha value is -4.72. The minimum absolute atomic E-state index is 0.0491. The zero-order valence-corrected chi connectivity index (χ0v) is 24.2. The summed E-state index contributed by atoms with van der Waals surface area (Å²) in [5.74, 6) is 1.18. The number of nitro benzene ring substituents is 1. The number of ether oxygens (including phenoxy) is 3. The normalized spacial score (nSPS) is 12.6. The lowest BCUT2D eigenvalue weighted by Gasteiger charge is -2.19. The van der Waals surface area contributed by atoms with Gasteiger partial charge in [0, 0.05) is 58.7 Å². The number of azo groups is 1. The number of anilines is 3. The predicted molar refractivity (Wildman–Crippen MR) is 156 cm³/mol. The van der Waals surface area contributed by atoms with Crippen molar-refractivity contribution in [1.29, 1.82) is 5.26 Å². The van der Waals surface area contributed by atoms with E-state index in [0.717, 1.165) is 0 Å². The average molecular weight is 582 g/mol. The summed E-state index contributed by atoms with van der Waals surface area (Å²) in [6.45, 7) is 5.80. The third kappa shape index (κ3) is 8.89. The quantitative estimate of drug-likeness (QED) is 0.0889. The van der Waals surface area contributed by atoms with Crippen LogP contribution in [0.4, 0.5) is 34.8 Å². The standard InChI is InChI=1S/C26H35N11O5/c1-17(15-41-4)29-25-22(24(28-11-6-12-40-3)31-26(32-25)30-18(2)16-42-5)33-34-23-19(13-27)14-36(35-23)20-7-9-21(10-8-20)37(38)39/h7-10,14,17-18H,6,11-12,15-16H2,1-5H3,(H3,28,29,30,31,32). The molecule has 2 aromatic heterocycles. The largest absolute Gasteiger partial charge is 0.385 e. The van der Waals surface area contributed by atoms with Gasteiger partial charge in [0.15, 0.2) is 17.3 Å². The van der Waals surface area contributed by atoms with Crippen molar-refractivity contribution in [2.75, 3.05) is 63.6 Å². The molecule has 3 rings (SSSR count). The van der Waals surface area contributed by atoms with E-state index in [0.29, 0.717) is 61.7 Å². The number of rotatable bonds is 17. The number of nitrogens with one attached hydrogen (secondary N) is 3. The number of methoxy groups -OCH3 is 3. The SMILES string of the molecule is COCCCNc1nc(NC(C)COC)nc(NC(C)COC)c1N=Nc1nn(-c2ccc([N+](=O)[O-])cc2)cc1C#N. The molecule has 0 radical (unpaired) electrons. The molecule has 0 aliphatic heterocycles. The Kier molecular flexibility index (Phi) is 12.0. The molecule has 1 aromatic carbocycles. The minimum atomic E-state index is -0.492. The molecule has 0 bridgehead atoms. The highest BCUT2D eigenvalue weighted by Gasteiger charge is 2.19. The second-order valence-electron chi connectivity index (χ2n) is 9.26. The second-order valence-corrected chi connectivity index (χ2v) is 9.26. The molecule has 2 atom stereocenters. The van der Waals surface area contributed by atoms with Gasteiger partial charge in [0.1, 0.15) is 11.6 Å². The van der Waals surface area contributed by atoms with Gasteiger partial charge in [0.25, 0.3) is 5.69 Å². The summed E-state index contributed by atoms with van der Waals surface area (Å²) >= 11 is 0. The first-order valence-electron chi connectivity index (χ1n) is 13.1. The molecule has 0 aliphatic carbocycles. The fraction of sp³-hybridized carbons (Fsp3) is 0.462. The Balaban J connectivity index is 2.04. The summed E-state index contributed by atoms with van der Waals surface area (Å²) in [6, 6.07) is 7.61. The number of nitrogens with zero attached hydrogens (tertiary/aromatic N) is 8. The Morgan fingerprint density at radius 1 is 1.02 bits per heavy atom. The molecule has 0 amide bonds. The first-order chi connectivity index (χ1) is 20.3. The molecule has 0 saturated carbocycles. The van der Waals surface area contributed by atoms with Crippen LogP contribution in [0.15, 0.2) is 40.7 Å². The van der Waals surface area contributed by atoms with Crippen LogP contribution >= 0.6 is 0 Å². The summed E-state index contributed by atoms with van der Waals surface area (Å²) in [4.78, 5) is 19.8. The van der Waals surface area contributed by atoms with E-state index in [9.17, 15) is 15.4 Å². The lowest BCUT2D eigenvalue weighted by Crippen LogP contribution is -2.25. The maximum atomic E-state index is 11.0. The maximum Gasteiger partial charge on any atom is 0.269 e. The van der Waals surface area contributed by atoms with E-state index in [-0.39, 0.29) is 29.2 Å². The lowest BCUT2D eigenvalue weighted by molar-refractivity contribution is -0.384. The van der Waals surface area contributed by atoms with Crippen LogP contribution in [0, 0.1) is 21.4 Å². The van der Waals surface area contributed by atoms with E-state index >= 15 is 0 Å². The summed E-state index contributed by atoms with van der Waals surface area (Å²) in [7, 11) is 4.85. The molecule has 16 heteroatoms. The molecule has 2 unspecified atom stereocenters. The Bertz CT molecular complexity index is 1390. The van der Waals surface area contributed by atoms with Crippen LogP contribution in [-0.4, -0.2) is 84.5 Å². The van der Waals surface area contributed by atoms with Crippen molar-refractivity contribution in [2.45, 2.75) is 32.4 Å². The maximum absolute atomic E-state index is 11.0. The fourth-order valence-electron chi connectivity index (χ4n) is 3.77. The van der Waals surface area contributed by atoms with Gasteiger partial charge in [-0.2, -0.15) is 15.2 Å². The Morgan fingerprint density at radius 2 is 1.69 bits per heavy atom. The van der Waals surface area contributed by atoms with Crippen LogP contribution < -0.4 is 16.0 Å². The summed E-state index contributed by atoms with van der Waals surface area (Å²) in [5, 5.41) is 43.6. The topological polar surface area (TPSA) is 199 Å². The predicted octanol–water partition coefficient (Wildman–Crippen LogP) is 4.20. The highest BCUT2D eigenvalue weighted by atomic mass is 16.6. The molecule has 42 heavy (non-hydrogen) atoms. The zero-order chi connectivity index (χ0) is 30.5. The van der Waals surface area contributed by atoms with E-state index in [1.165, 1.54) is 35.1 Å². The Labute approximate surface area is 243 Å². The molecule has 16 nitrogen and oxygen atoms in total. The van der Waals surface area contributed by atoms with Crippen molar-refractivity contribution in [3.05, 3.63) is 46.1 Å². The highest BCUT2D eigenvalue weighted by Crippen LogP contribution is 2.35. The summed E-state index contributed by atoms with van der Waals surface area (Å²) in [5.41, 5.74) is 0.906. The van der Waals surface area contributed by atoms with Gasteiger partial charge in [-0.15, -0.1) is 15.3 Å². The van der Waals surface area contributed by atoms with Gasteiger partial charge >= 0.3 is 0 Å². The van der Waals surface area contributed by atoms with Gasteiger partial charge in [-0.25, -0.2) is 4.68 Å². The summed E-state index contributed by atoms with van der Waals surface area (Å²) in [6.07, 6.45) is 2.18. The molecule has 0 fully saturated rings. The highest BCUT2D eigenvalue weighted by molar-refractivity contribution is 5.75. The van der Waals surface area contributed by atoms with Gasteiger partial charge in [-0.3, -0.25) is 10.1 Å². The average Bonchev–Trinajstić information content (AvgIpc) is 3.38. The van der Waals surface area contributed by atoms with Gasteiger partial charge in [-0.1, -0.05) is 0 Å². The van der Waals surface area contributed by atoms with Crippen molar-refractivity contribution < 1.29 is 19.1 Å². The van der Waals surface area contributed by atoms with Crippen LogP contribution in [0.1, 0.15) is 25.8 Å². The molecule has 0 spiro atoms. The molecule has 0 aliphatic rings. The third-order valence-corrected chi connectivity index (χ3v) is 5.68. The van der Waals surface area contributed by atoms with Crippen molar-refractivity contribution in [3.63, 3.8) is 0 Å². The van der Waals surface area contributed by atoms with E-state index in [1.54, 1.807) is 21.3 Å². The molecular weight excluding hydrogens is 546 g/mol. The smallest absolute Gasteiger partial charge is 0.269 e. The summed E-state index contributed by atoms with van der Waals surface area (Å²) < 4.78 is 17.1. The van der Waals surface area contributed by atoms with E-state index in [4.69, 9.17) is 14.2 Å². The molecule has 0 saturated heterocycles. The van der Waals surface area contributed by atoms with Gasteiger partial charge in [0.2, 0.25) is 11.8 Å². The number of hydrogen-bond acceptors (Lipinski definition) is 14. The number of non-ortho nitro benzene ring substituents is 1. The zero-order valence-electron chi connectivity index (χ0n) is 24.2. The first kappa shape index (κ1) is 31.8. The van der Waals surface area contributed by atoms with Crippen LogP contribution in [-0.2, 0) is 14.2 Å². The van der Waals surface area contributed by atoms with E-state index < -0.39 is 4.92 Å². The number of benzene rings is 1.